The lowest BCUT2D eigenvalue weighted by Gasteiger charge is -2.11. The first-order valence-electron chi connectivity index (χ1n) is 5.51. The molecule has 3 N–H and O–H groups in total. The second kappa shape index (κ2) is 6.02. The van der Waals surface area contributed by atoms with Crippen LogP contribution in [0.25, 0.3) is 0 Å². The Morgan fingerprint density at radius 3 is 2.52 bits per heavy atom. The fraction of sp³-hybridized carbons (Fsp3) is 0.0909. The van der Waals surface area contributed by atoms with E-state index in [0.29, 0.717) is 0 Å². The molecule has 0 spiro atoms. The third kappa shape index (κ3) is 3.35. The maximum atomic E-state index is 12.2. The number of benzene rings is 1. The van der Waals surface area contributed by atoms with E-state index in [1.165, 1.54) is 18.2 Å². The molecule has 7 nitrogen and oxygen atoms in total. The van der Waals surface area contributed by atoms with E-state index in [1.54, 1.807) is 0 Å². The van der Waals surface area contributed by atoms with Crippen molar-refractivity contribution in [1.29, 1.82) is 0 Å². The van der Waals surface area contributed by atoms with E-state index in [4.69, 9.17) is 23.2 Å². The van der Waals surface area contributed by atoms with E-state index < -0.39 is 22.2 Å². The fourth-order valence-corrected chi connectivity index (χ4v) is 3.42. The van der Waals surface area contributed by atoms with Crippen molar-refractivity contribution < 1.29 is 13.5 Å². The van der Waals surface area contributed by atoms with Crippen LogP contribution < -0.4 is 10.3 Å². The molecule has 0 bridgehead atoms. The largest absolute Gasteiger partial charge is 0.392 e. The van der Waals surface area contributed by atoms with Crippen molar-refractivity contribution in [3.8, 4) is 0 Å². The van der Waals surface area contributed by atoms with Gasteiger partial charge in [0.2, 0.25) is 0 Å². The SMILES string of the molecule is O=c1ccc(NS(=O)(=O)c2ccc(Cl)c(CO)c2Cl)n[nH]1. The number of anilines is 1. The number of aromatic amines is 1. The van der Waals surface area contributed by atoms with Gasteiger partial charge in [-0.15, -0.1) is 0 Å². The quantitative estimate of drug-likeness (QED) is 0.771. The summed E-state index contributed by atoms with van der Waals surface area (Å²) in [5.41, 5.74) is -0.360. The maximum Gasteiger partial charge on any atom is 0.264 e. The molecule has 1 heterocycles. The van der Waals surface area contributed by atoms with E-state index >= 15 is 0 Å². The van der Waals surface area contributed by atoms with Crippen molar-refractivity contribution in [1.82, 2.24) is 10.2 Å². The van der Waals surface area contributed by atoms with Crippen LogP contribution in [-0.2, 0) is 16.6 Å². The predicted molar refractivity (Wildman–Crippen MR) is 78.1 cm³/mol. The number of hydrogen-bond donors (Lipinski definition) is 3. The van der Waals surface area contributed by atoms with Crippen LogP contribution in [0.4, 0.5) is 5.82 Å². The Balaban J connectivity index is 2.45. The molecule has 1 aromatic heterocycles. The number of aliphatic hydroxyl groups excluding tert-OH is 1. The van der Waals surface area contributed by atoms with Crippen LogP contribution in [0, 0.1) is 0 Å². The van der Waals surface area contributed by atoms with Gasteiger partial charge in [0.05, 0.1) is 11.6 Å². The Morgan fingerprint density at radius 2 is 1.95 bits per heavy atom. The Kier molecular flexibility index (Phi) is 4.52. The molecule has 2 aromatic rings. The average Bonchev–Trinajstić information content (AvgIpc) is 2.41. The zero-order valence-corrected chi connectivity index (χ0v) is 12.6. The molecule has 21 heavy (non-hydrogen) atoms. The number of nitrogens with one attached hydrogen (secondary N) is 2. The van der Waals surface area contributed by atoms with Gasteiger partial charge >= 0.3 is 0 Å². The Morgan fingerprint density at radius 1 is 1.24 bits per heavy atom. The Labute approximate surface area is 129 Å². The van der Waals surface area contributed by atoms with Gasteiger partial charge in [-0.2, -0.15) is 5.10 Å². The van der Waals surface area contributed by atoms with Crippen LogP contribution in [0.2, 0.25) is 10.0 Å². The standard InChI is InChI=1S/C11H9Cl2N3O4S/c12-7-1-2-8(11(13)6(7)5-17)21(19,20)16-9-3-4-10(18)15-14-9/h1-4,17H,5H2,(H,14,16)(H,15,18). The topological polar surface area (TPSA) is 112 Å². The first-order valence-corrected chi connectivity index (χ1v) is 7.75. The normalized spacial score (nSPS) is 11.4. The van der Waals surface area contributed by atoms with Gasteiger partial charge in [-0.3, -0.25) is 9.52 Å². The summed E-state index contributed by atoms with van der Waals surface area (Å²) >= 11 is 11.8. The second-order valence-electron chi connectivity index (χ2n) is 3.91. The Bertz CT molecular complexity index is 815. The summed E-state index contributed by atoms with van der Waals surface area (Å²) < 4.78 is 26.6. The minimum atomic E-state index is -4.04. The van der Waals surface area contributed by atoms with Crippen LogP contribution in [0.15, 0.2) is 34.0 Å². The summed E-state index contributed by atoms with van der Waals surface area (Å²) in [5.74, 6) is -0.0776. The highest BCUT2D eigenvalue weighted by Gasteiger charge is 2.22. The lowest BCUT2D eigenvalue weighted by atomic mass is 10.2. The molecule has 0 fully saturated rings. The molecular formula is C11H9Cl2N3O4S. The molecule has 0 saturated carbocycles. The highest BCUT2D eigenvalue weighted by molar-refractivity contribution is 7.92. The zero-order chi connectivity index (χ0) is 15.6. The summed E-state index contributed by atoms with van der Waals surface area (Å²) in [6, 6.07) is 4.84. The van der Waals surface area contributed by atoms with Crippen molar-refractivity contribution in [2.45, 2.75) is 11.5 Å². The molecule has 2 rings (SSSR count). The highest BCUT2D eigenvalue weighted by atomic mass is 35.5. The molecule has 112 valence electrons. The minimum Gasteiger partial charge on any atom is -0.392 e. The molecule has 0 aliphatic rings. The van der Waals surface area contributed by atoms with E-state index in [1.807, 2.05) is 0 Å². The van der Waals surface area contributed by atoms with Gasteiger partial charge in [0.15, 0.2) is 5.82 Å². The van der Waals surface area contributed by atoms with Crippen LogP contribution in [0.1, 0.15) is 5.56 Å². The van der Waals surface area contributed by atoms with Gasteiger partial charge in [-0.05, 0) is 18.2 Å². The number of halogens is 2. The first kappa shape index (κ1) is 15.8. The molecule has 0 aliphatic carbocycles. The van der Waals surface area contributed by atoms with E-state index in [0.717, 1.165) is 6.07 Å². The van der Waals surface area contributed by atoms with Gasteiger partial charge in [-0.25, -0.2) is 13.5 Å². The van der Waals surface area contributed by atoms with Gasteiger partial charge in [0, 0.05) is 16.7 Å². The van der Waals surface area contributed by atoms with Gasteiger partial charge in [0.25, 0.3) is 15.6 Å². The number of aliphatic hydroxyl groups is 1. The third-order valence-corrected chi connectivity index (χ3v) is 4.81. The van der Waals surface area contributed by atoms with E-state index in [9.17, 15) is 18.3 Å². The monoisotopic (exact) mass is 349 g/mol. The molecule has 0 unspecified atom stereocenters. The van der Waals surface area contributed by atoms with E-state index in [2.05, 4.69) is 14.9 Å². The highest BCUT2D eigenvalue weighted by Crippen LogP contribution is 2.31. The average molecular weight is 350 g/mol. The summed E-state index contributed by atoms with van der Waals surface area (Å²) in [7, 11) is -4.04. The Hall–Kier alpha value is -1.61. The lowest BCUT2D eigenvalue weighted by molar-refractivity contribution is 0.282. The zero-order valence-electron chi connectivity index (χ0n) is 10.3. The van der Waals surface area contributed by atoms with Gasteiger partial charge in [-0.1, -0.05) is 23.2 Å². The number of H-pyrrole nitrogens is 1. The number of rotatable bonds is 4. The van der Waals surface area contributed by atoms with Gasteiger partial charge < -0.3 is 5.11 Å². The van der Waals surface area contributed by atoms with Crippen LogP contribution in [0.5, 0.6) is 0 Å². The summed E-state index contributed by atoms with van der Waals surface area (Å²) in [6.07, 6.45) is 0. The number of hydrogen-bond acceptors (Lipinski definition) is 5. The molecule has 10 heteroatoms. The van der Waals surface area contributed by atoms with Crippen molar-refractivity contribution in [2.75, 3.05) is 4.72 Å². The second-order valence-corrected chi connectivity index (χ2v) is 6.34. The smallest absolute Gasteiger partial charge is 0.264 e. The van der Waals surface area contributed by atoms with Crippen molar-refractivity contribution >= 4 is 39.0 Å². The molecule has 0 radical (unpaired) electrons. The molecule has 0 amide bonds. The third-order valence-electron chi connectivity index (χ3n) is 2.52. The van der Waals surface area contributed by atoms with E-state index in [-0.39, 0.29) is 26.3 Å². The first-order chi connectivity index (χ1) is 9.85. The summed E-state index contributed by atoms with van der Waals surface area (Å²) in [6.45, 7) is -0.502. The maximum absolute atomic E-state index is 12.2. The minimum absolute atomic E-state index is 0.0776. The molecule has 0 saturated heterocycles. The van der Waals surface area contributed by atoms with Crippen molar-refractivity contribution in [3.05, 3.63) is 50.2 Å². The van der Waals surface area contributed by atoms with Crippen LogP contribution in [-0.4, -0.2) is 23.7 Å². The van der Waals surface area contributed by atoms with Crippen LogP contribution in [0.3, 0.4) is 0 Å². The summed E-state index contributed by atoms with van der Waals surface area (Å²) in [4.78, 5) is 10.6. The lowest BCUT2D eigenvalue weighted by Crippen LogP contribution is -2.17. The number of nitrogens with zero attached hydrogens (tertiary/aromatic N) is 1. The summed E-state index contributed by atoms with van der Waals surface area (Å²) in [5, 5.41) is 14.8. The molecular weight excluding hydrogens is 341 g/mol. The number of aromatic nitrogens is 2. The molecule has 0 atom stereocenters. The molecule has 0 aliphatic heterocycles. The van der Waals surface area contributed by atoms with Crippen molar-refractivity contribution in [3.63, 3.8) is 0 Å². The van der Waals surface area contributed by atoms with Gasteiger partial charge in [0.1, 0.15) is 4.90 Å². The van der Waals surface area contributed by atoms with Crippen LogP contribution >= 0.6 is 23.2 Å². The predicted octanol–water partition coefficient (Wildman–Crippen LogP) is 1.37. The van der Waals surface area contributed by atoms with Crippen molar-refractivity contribution in [2.24, 2.45) is 0 Å². The number of sulfonamides is 1. The molecule has 1 aromatic carbocycles. The fourth-order valence-electron chi connectivity index (χ4n) is 1.52.